The SMILES string of the molecule is COc1cc(Nc2nc(N[C@H](C3CC3)[C@H](C)NC(=O)O)c(F)cc2C(N)=O)ccc1C. The predicted molar refractivity (Wildman–Crippen MR) is 114 cm³/mol. The van der Waals surface area contributed by atoms with Gasteiger partial charge in [-0.1, -0.05) is 6.07 Å². The first-order valence-electron chi connectivity index (χ1n) is 9.87. The molecule has 0 saturated heterocycles. The maximum Gasteiger partial charge on any atom is 0.404 e. The summed E-state index contributed by atoms with van der Waals surface area (Å²) in [5, 5.41) is 17.4. The number of aromatic nitrogens is 1. The molecule has 166 valence electrons. The Morgan fingerprint density at radius 3 is 2.58 bits per heavy atom. The van der Waals surface area contributed by atoms with Crippen molar-refractivity contribution in [3.05, 3.63) is 41.2 Å². The summed E-state index contributed by atoms with van der Waals surface area (Å²) in [5.74, 6) is -0.781. The van der Waals surface area contributed by atoms with E-state index in [-0.39, 0.29) is 29.2 Å². The molecule has 1 heterocycles. The number of pyridine rings is 1. The number of carbonyl (C=O) groups excluding carboxylic acids is 1. The monoisotopic (exact) mass is 431 g/mol. The van der Waals surface area contributed by atoms with Gasteiger partial charge in [0.15, 0.2) is 11.6 Å². The molecular formula is C21H26FN5O4. The Balaban J connectivity index is 1.93. The molecule has 31 heavy (non-hydrogen) atoms. The number of ether oxygens (including phenoxy) is 1. The van der Waals surface area contributed by atoms with E-state index in [0.717, 1.165) is 24.5 Å². The Morgan fingerprint density at radius 2 is 2.00 bits per heavy atom. The van der Waals surface area contributed by atoms with Crippen LogP contribution in [0.5, 0.6) is 5.75 Å². The molecule has 0 radical (unpaired) electrons. The molecule has 3 rings (SSSR count). The Labute approximate surface area is 179 Å². The number of hydrogen-bond donors (Lipinski definition) is 5. The lowest BCUT2D eigenvalue weighted by Gasteiger charge is -2.26. The van der Waals surface area contributed by atoms with Gasteiger partial charge in [0, 0.05) is 17.8 Å². The molecule has 2 amide bonds. The van der Waals surface area contributed by atoms with Gasteiger partial charge in [0.1, 0.15) is 11.6 Å². The minimum absolute atomic E-state index is 0.0794. The molecule has 1 aliphatic rings. The normalized spacial score (nSPS) is 15.0. The van der Waals surface area contributed by atoms with E-state index in [0.29, 0.717) is 11.4 Å². The highest BCUT2D eigenvalue weighted by atomic mass is 19.1. The molecule has 10 heteroatoms. The second-order valence-electron chi connectivity index (χ2n) is 7.63. The van der Waals surface area contributed by atoms with E-state index in [2.05, 4.69) is 20.9 Å². The Morgan fingerprint density at radius 1 is 1.29 bits per heavy atom. The third kappa shape index (κ3) is 5.33. The predicted octanol–water partition coefficient (Wildman–Crippen LogP) is 3.23. The smallest absolute Gasteiger partial charge is 0.404 e. The number of halogens is 1. The molecule has 0 unspecified atom stereocenters. The van der Waals surface area contributed by atoms with Crippen molar-refractivity contribution in [1.82, 2.24) is 10.3 Å². The van der Waals surface area contributed by atoms with Crippen LogP contribution in [-0.2, 0) is 0 Å². The lowest BCUT2D eigenvalue weighted by atomic mass is 10.0. The number of nitrogens with two attached hydrogens (primary N) is 1. The lowest BCUT2D eigenvalue weighted by Crippen LogP contribution is -2.45. The van der Waals surface area contributed by atoms with Crippen molar-refractivity contribution in [2.45, 2.75) is 38.8 Å². The van der Waals surface area contributed by atoms with Crippen LogP contribution in [0.4, 0.5) is 26.5 Å². The van der Waals surface area contributed by atoms with Gasteiger partial charge in [0.2, 0.25) is 0 Å². The number of carbonyl (C=O) groups is 2. The van der Waals surface area contributed by atoms with E-state index in [4.69, 9.17) is 15.6 Å². The van der Waals surface area contributed by atoms with E-state index in [9.17, 15) is 14.0 Å². The number of aryl methyl sites for hydroxylation is 1. The number of amides is 2. The Kier molecular flexibility index (Phi) is 6.47. The van der Waals surface area contributed by atoms with E-state index in [1.165, 1.54) is 0 Å². The number of rotatable bonds is 9. The third-order valence-electron chi connectivity index (χ3n) is 5.24. The number of hydrogen-bond acceptors (Lipinski definition) is 6. The standard InChI is InChI=1S/C21H26FN5O4/c1-10-4-7-13(8-16(10)31-3)25-19-14(18(23)28)9-15(22)20(27-19)26-17(12-5-6-12)11(2)24-21(29)30/h4,7-9,11-12,17,24H,5-6H2,1-3H3,(H2,23,28)(H,29,30)(H2,25,26,27)/t11-,17-/m0/s1. The second kappa shape index (κ2) is 9.07. The summed E-state index contributed by atoms with van der Waals surface area (Å²) in [6.45, 7) is 3.59. The lowest BCUT2D eigenvalue weighted by molar-refractivity contribution is 0.100. The van der Waals surface area contributed by atoms with Crippen molar-refractivity contribution in [3.63, 3.8) is 0 Å². The largest absolute Gasteiger partial charge is 0.496 e. The van der Waals surface area contributed by atoms with E-state index in [1.54, 1.807) is 26.2 Å². The van der Waals surface area contributed by atoms with Crippen LogP contribution in [-0.4, -0.2) is 41.3 Å². The fourth-order valence-electron chi connectivity index (χ4n) is 3.46. The van der Waals surface area contributed by atoms with Crippen molar-refractivity contribution in [2.75, 3.05) is 17.7 Å². The van der Waals surface area contributed by atoms with Crippen LogP contribution in [0.2, 0.25) is 0 Å². The number of nitrogens with zero attached hydrogens (tertiary/aromatic N) is 1. The van der Waals surface area contributed by atoms with Gasteiger partial charge in [-0.05, 0) is 50.3 Å². The minimum atomic E-state index is -1.16. The van der Waals surface area contributed by atoms with Crippen molar-refractivity contribution in [3.8, 4) is 5.75 Å². The minimum Gasteiger partial charge on any atom is -0.496 e. The molecule has 0 aliphatic heterocycles. The summed E-state index contributed by atoms with van der Waals surface area (Å²) in [4.78, 5) is 27.2. The average molecular weight is 431 g/mol. The molecular weight excluding hydrogens is 405 g/mol. The van der Waals surface area contributed by atoms with Gasteiger partial charge in [0.05, 0.1) is 18.7 Å². The van der Waals surface area contributed by atoms with Crippen LogP contribution in [0.25, 0.3) is 0 Å². The highest BCUT2D eigenvalue weighted by molar-refractivity contribution is 5.98. The first-order valence-corrected chi connectivity index (χ1v) is 9.87. The van der Waals surface area contributed by atoms with Gasteiger partial charge < -0.3 is 31.5 Å². The quantitative estimate of drug-likeness (QED) is 0.411. The summed E-state index contributed by atoms with van der Waals surface area (Å²) < 4.78 is 20.1. The fraction of sp³-hybridized carbons (Fsp3) is 0.381. The zero-order chi connectivity index (χ0) is 22.7. The third-order valence-corrected chi connectivity index (χ3v) is 5.24. The molecule has 9 nitrogen and oxygen atoms in total. The van der Waals surface area contributed by atoms with Gasteiger partial charge in [-0.15, -0.1) is 0 Å². The summed E-state index contributed by atoms with van der Waals surface area (Å²) in [6, 6.07) is 5.52. The molecule has 1 fully saturated rings. The van der Waals surface area contributed by atoms with Crippen LogP contribution >= 0.6 is 0 Å². The van der Waals surface area contributed by atoms with Crippen LogP contribution in [0.15, 0.2) is 24.3 Å². The second-order valence-corrected chi connectivity index (χ2v) is 7.63. The number of methoxy groups -OCH3 is 1. The number of primary amides is 1. The van der Waals surface area contributed by atoms with Crippen LogP contribution in [0.1, 0.15) is 35.7 Å². The van der Waals surface area contributed by atoms with Crippen molar-refractivity contribution < 1.29 is 23.8 Å². The molecule has 1 aliphatic carbocycles. The average Bonchev–Trinajstić information content (AvgIpc) is 3.53. The fourth-order valence-corrected chi connectivity index (χ4v) is 3.46. The molecule has 1 aromatic heterocycles. The number of benzene rings is 1. The van der Waals surface area contributed by atoms with Crippen LogP contribution in [0, 0.1) is 18.7 Å². The summed E-state index contributed by atoms with van der Waals surface area (Å²) in [6.07, 6.45) is 0.644. The Bertz CT molecular complexity index is 996. The first-order chi connectivity index (χ1) is 14.7. The number of carboxylic acid groups (broad SMARTS) is 1. The van der Waals surface area contributed by atoms with Gasteiger partial charge in [-0.2, -0.15) is 0 Å². The van der Waals surface area contributed by atoms with Gasteiger partial charge in [-0.25, -0.2) is 14.2 Å². The van der Waals surface area contributed by atoms with Gasteiger partial charge >= 0.3 is 6.09 Å². The molecule has 1 aromatic carbocycles. The van der Waals surface area contributed by atoms with Crippen molar-refractivity contribution >= 4 is 29.3 Å². The van der Waals surface area contributed by atoms with Crippen molar-refractivity contribution in [1.29, 1.82) is 0 Å². The molecule has 0 spiro atoms. The van der Waals surface area contributed by atoms with Crippen LogP contribution < -0.4 is 26.4 Å². The van der Waals surface area contributed by atoms with E-state index >= 15 is 0 Å². The maximum absolute atomic E-state index is 14.8. The number of nitrogens with one attached hydrogen (secondary N) is 3. The highest BCUT2D eigenvalue weighted by Gasteiger charge is 2.36. The summed E-state index contributed by atoms with van der Waals surface area (Å²) in [5.41, 5.74) is 6.81. The summed E-state index contributed by atoms with van der Waals surface area (Å²) in [7, 11) is 1.55. The van der Waals surface area contributed by atoms with Crippen molar-refractivity contribution in [2.24, 2.45) is 11.7 Å². The maximum atomic E-state index is 14.8. The van der Waals surface area contributed by atoms with Gasteiger partial charge in [0.25, 0.3) is 5.91 Å². The van der Waals surface area contributed by atoms with E-state index in [1.807, 2.05) is 13.0 Å². The highest BCUT2D eigenvalue weighted by Crippen LogP contribution is 2.36. The first kappa shape index (κ1) is 22.1. The Hall–Kier alpha value is -3.56. The van der Waals surface area contributed by atoms with E-state index < -0.39 is 23.9 Å². The molecule has 2 atom stereocenters. The molecule has 1 saturated carbocycles. The molecule has 0 bridgehead atoms. The molecule has 6 N–H and O–H groups in total. The summed E-state index contributed by atoms with van der Waals surface area (Å²) >= 11 is 0. The van der Waals surface area contributed by atoms with Crippen LogP contribution in [0.3, 0.4) is 0 Å². The van der Waals surface area contributed by atoms with Gasteiger partial charge in [-0.3, -0.25) is 4.79 Å². The number of anilines is 3. The molecule has 2 aromatic rings. The zero-order valence-corrected chi connectivity index (χ0v) is 17.5. The zero-order valence-electron chi connectivity index (χ0n) is 17.5. The topological polar surface area (TPSA) is 139 Å².